The van der Waals surface area contributed by atoms with Crippen LogP contribution in [0.4, 0.5) is 18.9 Å². The predicted octanol–water partition coefficient (Wildman–Crippen LogP) is 3.69. The van der Waals surface area contributed by atoms with Crippen molar-refractivity contribution in [2.45, 2.75) is 12.7 Å². The lowest BCUT2D eigenvalue weighted by atomic mass is 10.1. The molecule has 0 saturated heterocycles. The van der Waals surface area contributed by atoms with Crippen LogP contribution in [0.2, 0.25) is 0 Å². The van der Waals surface area contributed by atoms with Gasteiger partial charge in [0.1, 0.15) is 0 Å². The monoisotopic (exact) mass is 389 g/mol. The summed E-state index contributed by atoms with van der Waals surface area (Å²) in [5.74, 6) is 0.714. The van der Waals surface area contributed by atoms with Gasteiger partial charge < -0.3 is 9.47 Å². The summed E-state index contributed by atoms with van der Waals surface area (Å²) in [4.78, 5) is 0. The molecule has 142 valence electrons. The normalized spacial score (nSPS) is 11.9. The molecular weight excluding hydrogens is 371 g/mol. The highest BCUT2D eigenvalue weighted by Gasteiger charge is 2.30. The van der Waals surface area contributed by atoms with Crippen molar-refractivity contribution in [2.75, 3.05) is 24.8 Å². The fourth-order valence-corrected chi connectivity index (χ4v) is 3.27. The molecule has 0 aliphatic rings. The number of benzene rings is 2. The van der Waals surface area contributed by atoms with Crippen LogP contribution in [-0.4, -0.2) is 28.9 Å². The maximum atomic E-state index is 12.9. The maximum Gasteiger partial charge on any atom is 0.416 e. The van der Waals surface area contributed by atoms with Gasteiger partial charge in [-0.3, -0.25) is 4.31 Å². The van der Waals surface area contributed by atoms with Gasteiger partial charge in [0.15, 0.2) is 11.5 Å². The summed E-state index contributed by atoms with van der Waals surface area (Å²) in [5.41, 5.74) is -0.377. The smallest absolute Gasteiger partial charge is 0.416 e. The topological polar surface area (TPSA) is 55.8 Å². The van der Waals surface area contributed by atoms with Gasteiger partial charge in [-0.1, -0.05) is 12.1 Å². The second kappa shape index (κ2) is 7.45. The van der Waals surface area contributed by atoms with Crippen molar-refractivity contribution in [1.29, 1.82) is 0 Å². The molecule has 2 rings (SSSR count). The molecule has 0 amide bonds. The molecule has 9 heteroatoms. The Morgan fingerprint density at radius 2 is 1.65 bits per heavy atom. The molecule has 0 aliphatic carbocycles. The highest BCUT2D eigenvalue weighted by Crippen LogP contribution is 2.34. The summed E-state index contributed by atoms with van der Waals surface area (Å²) in [6.45, 7) is -0.252. The van der Waals surface area contributed by atoms with E-state index in [1.807, 2.05) is 0 Å². The van der Waals surface area contributed by atoms with Gasteiger partial charge in [-0.2, -0.15) is 13.2 Å². The van der Waals surface area contributed by atoms with Crippen molar-refractivity contribution in [2.24, 2.45) is 0 Å². The number of alkyl halides is 3. The van der Waals surface area contributed by atoms with E-state index in [1.54, 1.807) is 0 Å². The molecule has 0 heterocycles. The minimum Gasteiger partial charge on any atom is -0.493 e. The van der Waals surface area contributed by atoms with E-state index in [0.29, 0.717) is 11.5 Å². The molecule has 0 unspecified atom stereocenters. The zero-order valence-electron chi connectivity index (χ0n) is 14.4. The van der Waals surface area contributed by atoms with Crippen molar-refractivity contribution in [1.82, 2.24) is 0 Å². The Bertz CT molecular complexity index is 882. The average molecular weight is 389 g/mol. The molecule has 0 fully saturated rings. The van der Waals surface area contributed by atoms with Gasteiger partial charge in [0.2, 0.25) is 10.0 Å². The lowest BCUT2D eigenvalue weighted by Gasteiger charge is -2.24. The Morgan fingerprint density at radius 1 is 1.00 bits per heavy atom. The van der Waals surface area contributed by atoms with Gasteiger partial charge in [0.25, 0.3) is 0 Å². The van der Waals surface area contributed by atoms with Crippen LogP contribution in [0.1, 0.15) is 11.1 Å². The van der Waals surface area contributed by atoms with Gasteiger partial charge in [-0.15, -0.1) is 0 Å². The Kier molecular flexibility index (Phi) is 5.70. The van der Waals surface area contributed by atoms with Crippen LogP contribution in [0.25, 0.3) is 0 Å². The summed E-state index contributed by atoms with van der Waals surface area (Å²) in [6, 6.07) is 9.02. The number of hydrogen-bond acceptors (Lipinski definition) is 4. The van der Waals surface area contributed by atoms with Crippen LogP contribution in [0, 0.1) is 0 Å². The van der Waals surface area contributed by atoms with Crippen LogP contribution in [0.15, 0.2) is 42.5 Å². The van der Waals surface area contributed by atoms with E-state index < -0.39 is 21.8 Å². The molecule has 2 aromatic rings. The average Bonchev–Trinajstić information content (AvgIpc) is 2.57. The number of halogens is 3. The van der Waals surface area contributed by atoms with Gasteiger partial charge >= 0.3 is 6.18 Å². The Morgan fingerprint density at radius 3 is 2.19 bits per heavy atom. The third kappa shape index (κ3) is 4.60. The molecule has 5 nitrogen and oxygen atoms in total. The third-order valence-corrected chi connectivity index (χ3v) is 4.78. The number of methoxy groups -OCH3 is 2. The maximum absolute atomic E-state index is 12.9. The minimum absolute atomic E-state index is 0.208. The minimum atomic E-state index is -4.50. The van der Waals surface area contributed by atoms with Crippen LogP contribution in [-0.2, 0) is 22.7 Å². The van der Waals surface area contributed by atoms with Crippen LogP contribution in [0.3, 0.4) is 0 Å². The molecule has 0 atom stereocenters. The molecular formula is C17H18F3NO4S. The standard InChI is InChI=1S/C17H18F3NO4S/c1-24-15-8-7-14(10-16(15)25-2)21(26(3,22)23)11-12-5-4-6-13(9-12)17(18,19)20/h4-10H,11H2,1-3H3. The van der Waals surface area contributed by atoms with Crippen molar-refractivity contribution in [3.05, 3.63) is 53.6 Å². The first-order valence-electron chi connectivity index (χ1n) is 7.42. The molecule has 0 N–H and O–H groups in total. The first-order valence-corrected chi connectivity index (χ1v) is 9.27. The van der Waals surface area contributed by atoms with E-state index in [0.717, 1.165) is 22.7 Å². The third-order valence-electron chi connectivity index (χ3n) is 3.64. The van der Waals surface area contributed by atoms with Crippen LogP contribution < -0.4 is 13.8 Å². The zero-order valence-corrected chi connectivity index (χ0v) is 15.2. The van der Waals surface area contributed by atoms with Gasteiger partial charge in [-0.05, 0) is 29.8 Å². The van der Waals surface area contributed by atoms with E-state index in [9.17, 15) is 21.6 Å². The molecule has 2 aromatic carbocycles. The van der Waals surface area contributed by atoms with Crippen LogP contribution >= 0.6 is 0 Å². The van der Waals surface area contributed by atoms with Gasteiger partial charge in [0.05, 0.1) is 38.3 Å². The van der Waals surface area contributed by atoms with E-state index in [1.165, 1.54) is 44.6 Å². The highest BCUT2D eigenvalue weighted by atomic mass is 32.2. The summed E-state index contributed by atoms with van der Waals surface area (Å²) >= 11 is 0. The predicted molar refractivity (Wildman–Crippen MR) is 92.0 cm³/mol. The van der Waals surface area contributed by atoms with Crippen molar-refractivity contribution < 1.29 is 31.1 Å². The Balaban J connectivity index is 2.45. The van der Waals surface area contributed by atoms with E-state index >= 15 is 0 Å². The molecule has 0 aliphatic heterocycles. The van der Waals surface area contributed by atoms with Crippen molar-refractivity contribution in [3.63, 3.8) is 0 Å². The summed E-state index contributed by atoms with van der Waals surface area (Å²) in [7, 11) is -0.912. The van der Waals surface area contributed by atoms with E-state index in [2.05, 4.69) is 0 Å². The summed E-state index contributed by atoms with van der Waals surface area (Å²) < 4.78 is 74.3. The molecule has 26 heavy (non-hydrogen) atoms. The first-order chi connectivity index (χ1) is 12.1. The van der Waals surface area contributed by atoms with Crippen molar-refractivity contribution >= 4 is 15.7 Å². The fraction of sp³-hybridized carbons (Fsp3) is 0.294. The zero-order chi connectivity index (χ0) is 19.5. The van der Waals surface area contributed by atoms with E-state index in [-0.39, 0.29) is 17.8 Å². The summed E-state index contributed by atoms with van der Waals surface area (Å²) in [6.07, 6.45) is -3.52. The summed E-state index contributed by atoms with van der Waals surface area (Å²) in [5, 5.41) is 0. The fourth-order valence-electron chi connectivity index (χ4n) is 2.39. The first kappa shape index (κ1) is 19.9. The molecule has 0 spiro atoms. The van der Waals surface area contributed by atoms with Gasteiger partial charge in [-0.25, -0.2) is 8.42 Å². The molecule has 0 saturated carbocycles. The molecule has 0 radical (unpaired) electrons. The number of anilines is 1. The largest absolute Gasteiger partial charge is 0.493 e. The van der Waals surface area contributed by atoms with Crippen LogP contribution in [0.5, 0.6) is 11.5 Å². The number of ether oxygens (including phenoxy) is 2. The second-order valence-electron chi connectivity index (χ2n) is 5.51. The van der Waals surface area contributed by atoms with E-state index in [4.69, 9.17) is 9.47 Å². The lowest BCUT2D eigenvalue weighted by Crippen LogP contribution is -2.29. The number of nitrogens with zero attached hydrogens (tertiary/aromatic N) is 1. The molecule has 0 aromatic heterocycles. The Hall–Kier alpha value is -2.42. The lowest BCUT2D eigenvalue weighted by molar-refractivity contribution is -0.137. The number of hydrogen-bond donors (Lipinski definition) is 0. The number of rotatable bonds is 6. The second-order valence-corrected chi connectivity index (χ2v) is 7.41. The highest BCUT2D eigenvalue weighted by molar-refractivity contribution is 7.92. The Labute approximate surface area is 150 Å². The SMILES string of the molecule is COc1ccc(N(Cc2cccc(C(F)(F)F)c2)S(C)(=O)=O)cc1OC. The van der Waals surface area contributed by atoms with Gasteiger partial charge in [0, 0.05) is 6.07 Å². The quantitative estimate of drug-likeness (QED) is 0.756. The van der Waals surface area contributed by atoms with Crippen molar-refractivity contribution in [3.8, 4) is 11.5 Å². The molecule has 0 bridgehead atoms. The number of sulfonamides is 1.